The molecule has 0 radical (unpaired) electrons. The zero-order valence-electron chi connectivity index (χ0n) is 10.1. The SMILES string of the molecule is CCC(C)(O)CNC(=O)CC1CNCCO1. The second-order valence-electron chi connectivity index (χ2n) is 4.53. The number of hydrogen-bond donors (Lipinski definition) is 3. The highest BCUT2D eigenvalue weighted by atomic mass is 16.5. The number of rotatable bonds is 5. The summed E-state index contributed by atoms with van der Waals surface area (Å²) in [4.78, 5) is 11.5. The van der Waals surface area contributed by atoms with Crippen molar-refractivity contribution in [2.45, 2.75) is 38.4 Å². The summed E-state index contributed by atoms with van der Waals surface area (Å²) >= 11 is 0. The number of nitrogens with one attached hydrogen (secondary N) is 2. The fourth-order valence-corrected chi connectivity index (χ4v) is 1.44. The van der Waals surface area contributed by atoms with Crippen molar-refractivity contribution in [2.24, 2.45) is 0 Å². The minimum atomic E-state index is -0.818. The van der Waals surface area contributed by atoms with Gasteiger partial charge in [0.25, 0.3) is 0 Å². The van der Waals surface area contributed by atoms with E-state index >= 15 is 0 Å². The van der Waals surface area contributed by atoms with Gasteiger partial charge in [0.15, 0.2) is 0 Å². The van der Waals surface area contributed by atoms with Crippen LogP contribution < -0.4 is 10.6 Å². The van der Waals surface area contributed by atoms with E-state index in [1.807, 2.05) is 6.92 Å². The molecule has 0 saturated carbocycles. The molecule has 2 atom stereocenters. The van der Waals surface area contributed by atoms with Crippen molar-refractivity contribution in [1.82, 2.24) is 10.6 Å². The minimum absolute atomic E-state index is 0.0414. The predicted molar refractivity (Wildman–Crippen MR) is 61.2 cm³/mol. The minimum Gasteiger partial charge on any atom is -0.388 e. The molecule has 0 aromatic rings. The number of amides is 1. The summed E-state index contributed by atoms with van der Waals surface area (Å²) < 4.78 is 5.42. The molecule has 0 spiro atoms. The Morgan fingerprint density at radius 1 is 1.69 bits per heavy atom. The molecule has 0 aromatic carbocycles. The first-order valence-corrected chi connectivity index (χ1v) is 5.85. The summed E-state index contributed by atoms with van der Waals surface area (Å²) in [7, 11) is 0. The van der Waals surface area contributed by atoms with Gasteiger partial charge in [0.1, 0.15) is 0 Å². The van der Waals surface area contributed by atoms with E-state index in [-0.39, 0.29) is 12.0 Å². The average Bonchev–Trinajstić information content (AvgIpc) is 2.28. The standard InChI is InChI=1S/C11H22N2O3/c1-3-11(2,15)8-13-10(14)6-9-7-12-4-5-16-9/h9,12,15H,3-8H2,1-2H3,(H,13,14). The number of hydrogen-bond acceptors (Lipinski definition) is 4. The molecule has 0 bridgehead atoms. The van der Waals surface area contributed by atoms with Crippen LogP contribution in [-0.4, -0.2) is 49.0 Å². The Morgan fingerprint density at radius 3 is 3.00 bits per heavy atom. The van der Waals surface area contributed by atoms with E-state index in [0.29, 0.717) is 26.0 Å². The fourth-order valence-electron chi connectivity index (χ4n) is 1.44. The molecule has 94 valence electrons. The number of carbonyl (C=O) groups excluding carboxylic acids is 1. The molecule has 1 aliphatic rings. The van der Waals surface area contributed by atoms with E-state index in [1.165, 1.54) is 0 Å². The van der Waals surface area contributed by atoms with Gasteiger partial charge in [-0.05, 0) is 13.3 Å². The smallest absolute Gasteiger partial charge is 0.222 e. The van der Waals surface area contributed by atoms with Crippen LogP contribution in [0.25, 0.3) is 0 Å². The summed E-state index contributed by atoms with van der Waals surface area (Å²) in [6.45, 7) is 6.12. The first kappa shape index (κ1) is 13.4. The third-order valence-corrected chi connectivity index (χ3v) is 2.85. The molecule has 1 saturated heterocycles. The quantitative estimate of drug-likeness (QED) is 0.603. The van der Waals surface area contributed by atoms with Crippen LogP contribution in [0.2, 0.25) is 0 Å². The maximum Gasteiger partial charge on any atom is 0.222 e. The summed E-state index contributed by atoms with van der Waals surface area (Å²) in [5.74, 6) is -0.0672. The molecule has 1 rings (SSSR count). The second kappa shape index (κ2) is 6.18. The number of morpholine rings is 1. The fraction of sp³-hybridized carbons (Fsp3) is 0.909. The van der Waals surface area contributed by atoms with Gasteiger partial charge in [-0.2, -0.15) is 0 Å². The Balaban J connectivity index is 2.19. The van der Waals surface area contributed by atoms with Crippen LogP contribution in [0.3, 0.4) is 0 Å². The van der Waals surface area contributed by atoms with Gasteiger partial charge in [-0.1, -0.05) is 6.92 Å². The van der Waals surface area contributed by atoms with Crippen LogP contribution in [0, 0.1) is 0 Å². The maximum atomic E-state index is 11.5. The van der Waals surface area contributed by atoms with Gasteiger partial charge in [0.05, 0.1) is 24.7 Å². The molecule has 3 N–H and O–H groups in total. The lowest BCUT2D eigenvalue weighted by Gasteiger charge is -2.25. The van der Waals surface area contributed by atoms with Gasteiger partial charge in [0, 0.05) is 19.6 Å². The lowest BCUT2D eigenvalue weighted by Crippen LogP contribution is -2.44. The molecule has 5 heteroatoms. The maximum absolute atomic E-state index is 11.5. The third kappa shape index (κ3) is 4.92. The third-order valence-electron chi connectivity index (χ3n) is 2.85. The van der Waals surface area contributed by atoms with Crippen molar-refractivity contribution in [3.05, 3.63) is 0 Å². The average molecular weight is 230 g/mol. The van der Waals surface area contributed by atoms with Crippen molar-refractivity contribution in [1.29, 1.82) is 0 Å². The normalized spacial score (nSPS) is 24.8. The molecule has 1 aliphatic heterocycles. The van der Waals surface area contributed by atoms with Gasteiger partial charge in [-0.25, -0.2) is 0 Å². The summed E-state index contributed by atoms with van der Waals surface area (Å²) in [5.41, 5.74) is -0.818. The Morgan fingerprint density at radius 2 is 2.44 bits per heavy atom. The Bertz CT molecular complexity index is 225. The van der Waals surface area contributed by atoms with Gasteiger partial charge in [-0.3, -0.25) is 4.79 Å². The molecular formula is C11H22N2O3. The van der Waals surface area contributed by atoms with E-state index in [1.54, 1.807) is 6.92 Å². The Hall–Kier alpha value is -0.650. The van der Waals surface area contributed by atoms with Crippen LogP contribution in [0.15, 0.2) is 0 Å². The van der Waals surface area contributed by atoms with Crippen LogP contribution in [-0.2, 0) is 9.53 Å². The van der Waals surface area contributed by atoms with E-state index in [9.17, 15) is 9.90 Å². The van der Waals surface area contributed by atoms with Gasteiger partial charge in [-0.15, -0.1) is 0 Å². The molecule has 0 aromatic heterocycles. The zero-order chi connectivity index (χ0) is 12.0. The van der Waals surface area contributed by atoms with Crippen molar-refractivity contribution < 1.29 is 14.6 Å². The van der Waals surface area contributed by atoms with E-state index in [2.05, 4.69) is 10.6 Å². The van der Waals surface area contributed by atoms with Gasteiger partial charge >= 0.3 is 0 Å². The molecule has 0 aliphatic carbocycles. The monoisotopic (exact) mass is 230 g/mol. The molecule has 5 nitrogen and oxygen atoms in total. The zero-order valence-corrected chi connectivity index (χ0v) is 10.1. The number of aliphatic hydroxyl groups is 1. The first-order valence-electron chi connectivity index (χ1n) is 5.85. The highest BCUT2D eigenvalue weighted by molar-refractivity contribution is 5.76. The summed E-state index contributed by atoms with van der Waals surface area (Å²) in [5, 5.41) is 15.6. The van der Waals surface area contributed by atoms with Crippen LogP contribution in [0.5, 0.6) is 0 Å². The molecule has 1 heterocycles. The first-order chi connectivity index (χ1) is 7.53. The Kier molecular flexibility index (Phi) is 5.18. The molecule has 1 amide bonds. The second-order valence-corrected chi connectivity index (χ2v) is 4.53. The van der Waals surface area contributed by atoms with Gasteiger partial charge in [0.2, 0.25) is 5.91 Å². The lowest BCUT2D eigenvalue weighted by molar-refractivity contribution is -0.125. The number of ether oxygens (including phenoxy) is 1. The molecule has 1 fully saturated rings. The van der Waals surface area contributed by atoms with E-state index in [0.717, 1.165) is 13.1 Å². The highest BCUT2D eigenvalue weighted by Gasteiger charge is 2.21. The number of carbonyl (C=O) groups is 1. The largest absolute Gasteiger partial charge is 0.388 e. The summed E-state index contributed by atoms with van der Waals surface area (Å²) in [6, 6.07) is 0. The highest BCUT2D eigenvalue weighted by Crippen LogP contribution is 2.07. The molecular weight excluding hydrogens is 208 g/mol. The van der Waals surface area contributed by atoms with Crippen LogP contribution >= 0.6 is 0 Å². The van der Waals surface area contributed by atoms with Crippen LogP contribution in [0.4, 0.5) is 0 Å². The molecule has 16 heavy (non-hydrogen) atoms. The summed E-state index contributed by atoms with van der Waals surface area (Å²) in [6.07, 6.45) is 0.932. The van der Waals surface area contributed by atoms with E-state index < -0.39 is 5.60 Å². The molecule has 2 unspecified atom stereocenters. The van der Waals surface area contributed by atoms with Crippen molar-refractivity contribution in [3.8, 4) is 0 Å². The van der Waals surface area contributed by atoms with Crippen molar-refractivity contribution >= 4 is 5.91 Å². The Labute approximate surface area is 96.6 Å². The lowest BCUT2D eigenvalue weighted by atomic mass is 10.0. The topological polar surface area (TPSA) is 70.6 Å². The van der Waals surface area contributed by atoms with Crippen LogP contribution in [0.1, 0.15) is 26.7 Å². The van der Waals surface area contributed by atoms with Crippen molar-refractivity contribution in [3.63, 3.8) is 0 Å². The predicted octanol–water partition coefficient (Wildman–Crippen LogP) is -0.358. The van der Waals surface area contributed by atoms with Crippen molar-refractivity contribution in [2.75, 3.05) is 26.2 Å². The van der Waals surface area contributed by atoms with E-state index in [4.69, 9.17) is 4.74 Å². The van der Waals surface area contributed by atoms with Gasteiger partial charge < -0.3 is 20.5 Å².